The number of carbonyl (C=O) groups excluding carboxylic acids is 1. The predicted octanol–water partition coefficient (Wildman–Crippen LogP) is 4.47. The lowest BCUT2D eigenvalue weighted by molar-refractivity contribution is -0.385. The van der Waals surface area contributed by atoms with E-state index >= 15 is 0 Å². The number of aryl methyl sites for hydroxylation is 1. The Kier molecular flexibility index (Phi) is 6.03. The number of anilines is 1. The molecule has 7 heteroatoms. The average Bonchev–Trinajstić information content (AvgIpc) is 2.61. The van der Waals surface area contributed by atoms with E-state index in [1.165, 1.54) is 18.2 Å². The van der Waals surface area contributed by atoms with Crippen molar-refractivity contribution in [3.8, 4) is 6.07 Å². The molecule has 0 unspecified atom stereocenters. The second-order valence-electron chi connectivity index (χ2n) is 5.14. The van der Waals surface area contributed by atoms with Crippen molar-refractivity contribution in [2.75, 3.05) is 5.32 Å². The van der Waals surface area contributed by atoms with E-state index in [4.69, 9.17) is 0 Å². The highest BCUT2D eigenvalue weighted by Gasteiger charge is 2.14. The zero-order chi connectivity index (χ0) is 18.4. The fourth-order valence-electron chi connectivity index (χ4n) is 2.10. The summed E-state index contributed by atoms with van der Waals surface area (Å²) < 4.78 is 0.327. The van der Waals surface area contributed by atoms with Crippen LogP contribution in [0.1, 0.15) is 18.1 Å². The lowest BCUT2D eigenvalue weighted by Gasteiger charge is -2.05. The molecule has 0 aromatic heterocycles. The summed E-state index contributed by atoms with van der Waals surface area (Å²) >= 11 is 3.09. The summed E-state index contributed by atoms with van der Waals surface area (Å²) in [5.41, 5.74) is 1.82. The van der Waals surface area contributed by atoms with E-state index in [0.717, 1.165) is 12.0 Å². The zero-order valence-electron chi connectivity index (χ0n) is 13.3. The summed E-state index contributed by atoms with van der Waals surface area (Å²) in [6.07, 6.45) is 2.20. The summed E-state index contributed by atoms with van der Waals surface area (Å²) in [5, 5.41) is 22.8. The molecule has 126 valence electrons. The highest BCUT2D eigenvalue weighted by Crippen LogP contribution is 2.26. The number of nitriles is 1. The monoisotopic (exact) mass is 399 g/mol. The van der Waals surface area contributed by atoms with E-state index in [-0.39, 0.29) is 11.3 Å². The van der Waals surface area contributed by atoms with Gasteiger partial charge in [-0.05, 0) is 57.8 Å². The molecule has 25 heavy (non-hydrogen) atoms. The Hall–Kier alpha value is -2.98. The van der Waals surface area contributed by atoms with Gasteiger partial charge in [0.05, 0.1) is 9.40 Å². The lowest BCUT2D eigenvalue weighted by atomic mass is 10.1. The van der Waals surface area contributed by atoms with Crippen LogP contribution >= 0.6 is 15.9 Å². The number of hydrogen-bond donors (Lipinski definition) is 1. The zero-order valence-corrected chi connectivity index (χ0v) is 14.9. The number of nitro benzene ring substituents is 1. The van der Waals surface area contributed by atoms with Crippen molar-refractivity contribution in [2.45, 2.75) is 13.3 Å². The van der Waals surface area contributed by atoms with E-state index in [9.17, 15) is 20.2 Å². The third kappa shape index (κ3) is 4.75. The molecular formula is C18H14BrN3O3. The van der Waals surface area contributed by atoms with Crippen LogP contribution < -0.4 is 5.32 Å². The summed E-state index contributed by atoms with van der Waals surface area (Å²) in [4.78, 5) is 22.7. The van der Waals surface area contributed by atoms with Crippen molar-refractivity contribution in [1.29, 1.82) is 5.26 Å². The molecule has 2 aromatic carbocycles. The van der Waals surface area contributed by atoms with Gasteiger partial charge in [-0.2, -0.15) is 5.26 Å². The van der Waals surface area contributed by atoms with Crippen LogP contribution in [0.5, 0.6) is 0 Å². The number of nitrogens with one attached hydrogen (secondary N) is 1. The number of nitrogens with zero attached hydrogens (tertiary/aromatic N) is 2. The minimum atomic E-state index is -0.572. The van der Waals surface area contributed by atoms with E-state index in [2.05, 4.69) is 21.2 Å². The largest absolute Gasteiger partial charge is 0.321 e. The van der Waals surface area contributed by atoms with Crippen LogP contribution in [0.25, 0.3) is 6.08 Å². The van der Waals surface area contributed by atoms with Gasteiger partial charge >= 0.3 is 0 Å². The van der Waals surface area contributed by atoms with Gasteiger partial charge in [-0.1, -0.05) is 25.1 Å². The number of benzene rings is 2. The molecule has 0 heterocycles. The molecule has 0 radical (unpaired) electrons. The minimum absolute atomic E-state index is 0.137. The first-order valence-corrected chi connectivity index (χ1v) is 8.20. The normalized spacial score (nSPS) is 10.8. The van der Waals surface area contributed by atoms with E-state index in [0.29, 0.717) is 15.7 Å². The number of carbonyl (C=O) groups is 1. The van der Waals surface area contributed by atoms with Crippen molar-refractivity contribution < 1.29 is 9.72 Å². The molecule has 0 saturated heterocycles. The van der Waals surface area contributed by atoms with Gasteiger partial charge in [0, 0.05) is 11.8 Å². The third-order valence-electron chi connectivity index (χ3n) is 3.46. The maximum absolute atomic E-state index is 12.2. The molecule has 6 nitrogen and oxygen atoms in total. The molecule has 0 spiro atoms. The smallest absolute Gasteiger partial charge is 0.284 e. The van der Waals surface area contributed by atoms with Gasteiger partial charge in [-0.25, -0.2) is 0 Å². The van der Waals surface area contributed by atoms with Gasteiger partial charge in [0.2, 0.25) is 0 Å². The molecule has 0 atom stereocenters. The number of hydrogen-bond acceptors (Lipinski definition) is 4. The van der Waals surface area contributed by atoms with Crippen molar-refractivity contribution >= 4 is 39.3 Å². The molecule has 0 aliphatic heterocycles. The Morgan fingerprint density at radius 3 is 2.56 bits per heavy atom. The number of rotatable bonds is 5. The molecular weight excluding hydrogens is 386 g/mol. The van der Waals surface area contributed by atoms with Gasteiger partial charge in [-0.15, -0.1) is 0 Å². The Balaban J connectivity index is 2.24. The maximum Gasteiger partial charge on any atom is 0.284 e. The molecule has 1 amide bonds. The maximum atomic E-state index is 12.2. The highest BCUT2D eigenvalue weighted by molar-refractivity contribution is 9.10. The van der Waals surface area contributed by atoms with E-state index in [1.54, 1.807) is 18.2 Å². The summed E-state index contributed by atoms with van der Waals surface area (Å²) in [6, 6.07) is 13.5. The average molecular weight is 400 g/mol. The Bertz CT molecular complexity index is 883. The highest BCUT2D eigenvalue weighted by atomic mass is 79.9. The van der Waals surface area contributed by atoms with Crippen LogP contribution in [0.15, 0.2) is 52.5 Å². The van der Waals surface area contributed by atoms with Crippen molar-refractivity contribution in [3.05, 3.63) is 73.8 Å². The Morgan fingerprint density at radius 1 is 1.32 bits per heavy atom. The fraction of sp³-hybridized carbons (Fsp3) is 0.111. The number of halogens is 1. The molecule has 0 saturated carbocycles. The van der Waals surface area contributed by atoms with Crippen LogP contribution in [-0.2, 0) is 11.2 Å². The molecule has 0 aliphatic rings. The number of nitro groups is 1. The van der Waals surface area contributed by atoms with Gasteiger partial charge in [0.1, 0.15) is 11.6 Å². The third-order valence-corrected chi connectivity index (χ3v) is 4.13. The first kappa shape index (κ1) is 18.4. The first-order valence-electron chi connectivity index (χ1n) is 7.40. The summed E-state index contributed by atoms with van der Waals surface area (Å²) in [6.45, 7) is 2.03. The summed E-state index contributed by atoms with van der Waals surface area (Å²) in [5.74, 6) is -0.572. The van der Waals surface area contributed by atoms with Crippen LogP contribution in [0.3, 0.4) is 0 Å². The molecule has 0 bridgehead atoms. The van der Waals surface area contributed by atoms with Gasteiger partial charge in [0.25, 0.3) is 11.6 Å². The number of amides is 1. The lowest BCUT2D eigenvalue weighted by Crippen LogP contribution is -2.13. The molecule has 1 N–H and O–H groups in total. The van der Waals surface area contributed by atoms with Crippen LogP contribution in [0.2, 0.25) is 0 Å². The summed E-state index contributed by atoms with van der Waals surface area (Å²) in [7, 11) is 0. The predicted molar refractivity (Wildman–Crippen MR) is 98.8 cm³/mol. The SMILES string of the molecule is CCc1ccc(NC(=O)/C(C#N)=C/c2ccc(Br)c([N+](=O)[O-])c2)cc1. The Morgan fingerprint density at radius 2 is 2.00 bits per heavy atom. The first-order chi connectivity index (χ1) is 11.9. The van der Waals surface area contributed by atoms with E-state index in [1.807, 2.05) is 25.1 Å². The standard InChI is InChI=1S/C18H14BrN3O3/c1-2-12-3-6-15(7-4-12)21-18(23)14(11-20)9-13-5-8-16(19)17(10-13)22(24)25/h3-10H,2H2,1H3,(H,21,23)/b14-9+. The van der Waals surface area contributed by atoms with Gasteiger partial charge in [-0.3, -0.25) is 14.9 Å². The minimum Gasteiger partial charge on any atom is -0.321 e. The quantitative estimate of drug-likeness (QED) is 0.347. The topological polar surface area (TPSA) is 96.0 Å². The van der Waals surface area contributed by atoms with Crippen LogP contribution in [-0.4, -0.2) is 10.8 Å². The van der Waals surface area contributed by atoms with Crippen LogP contribution in [0.4, 0.5) is 11.4 Å². The van der Waals surface area contributed by atoms with Gasteiger partial charge < -0.3 is 5.32 Å². The van der Waals surface area contributed by atoms with Gasteiger partial charge in [0.15, 0.2) is 0 Å². The molecule has 0 fully saturated rings. The fourth-order valence-corrected chi connectivity index (χ4v) is 2.49. The Labute approximate surface area is 153 Å². The second-order valence-corrected chi connectivity index (χ2v) is 6.00. The van der Waals surface area contributed by atoms with E-state index < -0.39 is 10.8 Å². The molecule has 2 aromatic rings. The van der Waals surface area contributed by atoms with Crippen molar-refractivity contribution in [1.82, 2.24) is 0 Å². The second kappa shape index (κ2) is 8.22. The van der Waals surface area contributed by atoms with Crippen molar-refractivity contribution in [2.24, 2.45) is 0 Å². The molecule has 0 aliphatic carbocycles. The van der Waals surface area contributed by atoms with Crippen LogP contribution in [0, 0.1) is 21.4 Å². The molecule has 2 rings (SSSR count). The van der Waals surface area contributed by atoms with Crippen molar-refractivity contribution in [3.63, 3.8) is 0 Å².